The number of hydrogen-bond donors (Lipinski definition) is 1. The van der Waals surface area contributed by atoms with Gasteiger partial charge < -0.3 is 9.84 Å². The first-order valence-corrected chi connectivity index (χ1v) is 6.47. The summed E-state index contributed by atoms with van der Waals surface area (Å²) in [6.45, 7) is 0. The van der Waals surface area contributed by atoms with E-state index in [2.05, 4.69) is 4.98 Å². The molecule has 0 fully saturated rings. The van der Waals surface area contributed by atoms with Gasteiger partial charge >= 0.3 is 0 Å². The zero-order chi connectivity index (χ0) is 13.8. The molecule has 0 spiro atoms. The summed E-state index contributed by atoms with van der Waals surface area (Å²) in [5.41, 5.74) is 1.39. The molecule has 3 nitrogen and oxygen atoms in total. The fourth-order valence-electron chi connectivity index (χ4n) is 1.80. The molecular weight excluding hydrogens is 285 g/mol. The molecule has 0 radical (unpaired) electrons. The third kappa shape index (κ3) is 3.60. The van der Waals surface area contributed by atoms with Gasteiger partial charge in [-0.2, -0.15) is 0 Å². The molecule has 0 aliphatic heterocycles. The van der Waals surface area contributed by atoms with Crippen molar-refractivity contribution in [2.75, 3.05) is 7.11 Å². The minimum absolute atomic E-state index is 0.373. The van der Waals surface area contributed by atoms with E-state index < -0.39 is 6.10 Å². The summed E-state index contributed by atoms with van der Waals surface area (Å²) >= 11 is 11.7. The molecule has 0 aliphatic carbocycles. The Bertz CT molecular complexity index is 558. The Morgan fingerprint density at radius 1 is 1.21 bits per heavy atom. The molecule has 1 aromatic carbocycles. The maximum atomic E-state index is 10.2. The van der Waals surface area contributed by atoms with Crippen molar-refractivity contribution in [2.45, 2.75) is 12.5 Å². The largest absolute Gasteiger partial charge is 0.496 e. The summed E-state index contributed by atoms with van der Waals surface area (Å²) in [5, 5.41) is 11.3. The lowest BCUT2D eigenvalue weighted by Crippen LogP contribution is -2.05. The number of aromatic nitrogens is 1. The van der Waals surface area contributed by atoms with Gasteiger partial charge in [-0.1, -0.05) is 23.2 Å². The first-order chi connectivity index (χ1) is 9.10. The van der Waals surface area contributed by atoms with Crippen molar-refractivity contribution in [2.24, 2.45) is 0 Å². The molecule has 0 bridgehead atoms. The first-order valence-electron chi connectivity index (χ1n) is 5.72. The molecule has 0 amide bonds. The molecule has 0 aliphatic rings. The normalized spacial score (nSPS) is 12.2. The van der Waals surface area contributed by atoms with Gasteiger partial charge in [0, 0.05) is 17.6 Å². The Morgan fingerprint density at radius 2 is 1.95 bits per heavy atom. The molecule has 100 valence electrons. The summed E-state index contributed by atoms with van der Waals surface area (Å²) in [6.07, 6.45) is 1.15. The smallest absolute Gasteiger partial charge is 0.122 e. The second-order valence-corrected chi connectivity index (χ2v) is 4.95. The second-order valence-electron chi connectivity index (χ2n) is 4.08. The van der Waals surface area contributed by atoms with Gasteiger partial charge in [0.15, 0.2) is 0 Å². The van der Waals surface area contributed by atoms with Gasteiger partial charge in [0.2, 0.25) is 0 Å². The van der Waals surface area contributed by atoms with Crippen LogP contribution < -0.4 is 4.74 Å². The van der Waals surface area contributed by atoms with E-state index >= 15 is 0 Å². The number of aliphatic hydroxyl groups excluding tert-OH is 1. The molecule has 1 unspecified atom stereocenters. The van der Waals surface area contributed by atoms with Crippen molar-refractivity contribution in [3.8, 4) is 5.75 Å². The highest BCUT2D eigenvalue weighted by Crippen LogP contribution is 2.27. The fourth-order valence-corrected chi connectivity index (χ4v) is 2.11. The van der Waals surface area contributed by atoms with Crippen LogP contribution >= 0.6 is 23.2 Å². The molecule has 1 N–H and O–H groups in total. The number of nitrogens with zero attached hydrogens (tertiary/aromatic N) is 1. The number of halogens is 2. The van der Waals surface area contributed by atoms with E-state index in [0.717, 1.165) is 5.56 Å². The summed E-state index contributed by atoms with van der Waals surface area (Å²) in [7, 11) is 1.58. The Kier molecular flexibility index (Phi) is 4.64. The third-order valence-corrected chi connectivity index (χ3v) is 3.21. The highest BCUT2D eigenvalue weighted by Gasteiger charge is 2.13. The van der Waals surface area contributed by atoms with Crippen LogP contribution in [0, 0.1) is 0 Å². The van der Waals surface area contributed by atoms with Crippen molar-refractivity contribution in [1.82, 2.24) is 4.98 Å². The van der Waals surface area contributed by atoms with Crippen molar-refractivity contribution < 1.29 is 9.84 Å². The van der Waals surface area contributed by atoms with Crippen molar-refractivity contribution in [3.05, 3.63) is 57.8 Å². The first kappa shape index (κ1) is 14.1. The summed E-state index contributed by atoms with van der Waals surface area (Å²) in [4.78, 5) is 4.10. The van der Waals surface area contributed by atoms with Gasteiger partial charge in [-0.05, 0) is 35.9 Å². The van der Waals surface area contributed by atoms with Crippen LogP contribution in [-0.2, 0) is 6.42 Å². The van der Waals surface area contributed by atoms with E-state index in [-0.39, 0.29) is 0 Å². The van der Waals surface area contributed by atoms with Crippen molar-refractivity contribution in [3.63, 3.8) is 0 Å². The van der Waals surface area contributed by atoms with Gasteiger partial charge in [-0.15, -0.1) is 0 Å². The Labute approximate surface area is 121 Å². The molecule has 5 heteroatoms. The topological polar surface area (TPSA) is 42.4 Å². The number of methoxy groups -OCH3 is 1. The molecule has 1 heterocycles. The quantitative estimate of drug-likeness (QED) is 0.936. The summed E-state index contributed by atoms with van der Waals surface area (Å²) in [5.74, 6) is 0.692. The van der Waals surface area contributed by atoms with E-state index in [4.69, 9.17) is 27.9 Å². The van der Waals surface area contributed by atoms with Gasteiger partial charge in [-0.3, -0.25) is 4.98 Å². The Hall–Kier alpha value is -1.29. The molecule has 1 aromatic heterocycles. The monoisotopic (exact) mass is 297 g/mol. The maximum absolute atomic E-state index is 10.2. The lowest BCUT2D eigenvalue weighted by molar-refractivity contribution is 0.172. The lowest BCUT2D eigenvalue weighted by atomic mass is 10.0. The van der Waals surface area contributed by atoms with Gasteiger partial charge in [0.05, 0.1) is 17.8 Å². The van der Waals surface area contributed by atoms with Crippen LogP contribution in [0.5, 0.6) is 5.75 Å². The Morgan fingerprint density at radius 3 is 2.58 bits per heavy atom. The van der Waals surface area contributed by atoms with E-state index in [1.165, 1.54) is 6.20 Å². The minimum Gasteiger partial charge on any atom is -0.496 e. The molecular formula is C14H13Cl2NO2. The van der Waals surface area contributed by atoms with Gasteiger partial charge in [0.25, 0.3) is 0 Å². The maximum Gasteiger partial charge on any atom is 0.122 e. The van der Waals surface area contributed by atoms with Crippen LogP contribution in [0.2, 0.25) is 10.0 Å². The molecule has 0 saturated carbocycles. The number of ether oxygens (including phenoxy) is 1. The zero-order valence-electron chi connectivity index (χ0n) is 10.3. The number of aliphatic hydroxyl groups is 1. The average molecular weight is 298 g/mol. The number of pyridine rings is 1. The Balaban J connectivity index is 2.20. The van der Waals surface area contributed by atoms with Crippen LogP contribution in [0.25, 0.3) is 0 Å². The fraction of sp³-hybridized carbons (Fsp3) is 0.214. The SMILES string of the molecule is COc1ccc(Cl)cc1CC(O)c1ccc(Cl)cn1. The molecule has 1 atom stereocenters. The van der Waals surface area contributed by atoms with Crippen LogP contribution in [0.4, 0.5) is 0 Å². The molecule has 0 saturated heterocycles. The zero-order valence-corrected chi connectivity index (χ0v) is 11.8. The average Bonchev–Trinajstić information content (AvgIpc) is 2.39. The van der Waals surface area contributed by atoms with Crippen LogP contribution in [0.1, 0.15) is 17.4 Å². The highest BCUT2D eigenvalue weighted by atomic mass is 35.5. The summed E-state index contributed by atoms with van der Waals surface area (Å²) in [6, 6.07) is 8.70. The van der Waals surface area contributed by atoms with E-state index in [1.54, 1.807) is 37.4 Å². The molecule has 2 aromatic rings. The highest BCUT2D eigenvalue weighted by molar-refractivity contribution is 6.30. The predicted octanol–water partition coefficient (Wildman–Crippen LogP) is 3.67. The molecule has 2 rings (SSSR count). The number of rotatable bonds is 4. The summed E-state index contributed by atoms with van der Waals surface area (Å²) < 4.78 is 5.24. The van der Waals surface area contributed by atoms with Crippen molar-refractivity contribution in [1.29, 1.82) is 0 Å². The number of hydrogen-bond acceptors (Lipinski definition) is 3. The van der Waals surface area contributed by atoms with Crippen LogP contribution in [0.15, 0.2) is 36.5 Å². The van der Waals surface area contributed by atoms with Gasteiger partial charge in [0.1, 0.15) is 11.9 Å². The van der Waals surface area contributed by atoms with Crippen LogP contribution in [-0.4, -0.2) is 17.2 Å². The van der Waals surface area contributed by atoms with E-state index in [9.17, 15) is 5.11 Å². The third-order valence-electron chi connectivity index (χ3n) is 2.75. The lowest BCUT2D eigenvalue weighted by Gasteiger charge is -2.13. The number of benzene rings is 1. The van der Waals surface area contributed by atoms with E-state index in [0.29, 0.717) is 27.9 Å². The predicted molar refractivity (Wildman–Crippen MR) is 75.9 cm³/mol. The van der Waals surface area contributed by atoms with Crippen molar-refractivity contribution >= 4 is 23.2 Å². The van der Waals surface area contributed by atoms with Crippen LogP contribution in [0.3, 0.4) is 0 Å². The van der Waals surface area contributed by atoms with E-state index in [1.807, 2.05) is 0 Å². The minimum atomic E-state index is -0.732. The second kappa shape index (κ2) is 6.24. The molecule has 19 heavy (non-hydrogen) atoms. The van der Waals surface area contributed by atoms with Gasteiger partial charge in [-0.25, -0.2) is 0 Å². The standard InChI is InChI=1S/C14H13Cl2NO2/c1-19-14-5-3-10(15)6-9(14)7-13(18)12-4-2-11(16)8-17-12/h2-6,8,13,18H,7H2,1H3.